The van der Waals surface area contributed by atoms with E-state index in [0.717, 1.165) is 19.2 Å². The van der Waals surface area contributed by atoms with Gasteiger partial charge in [0.15, 0.2) is 0 Å². The van der Waals surface area contributed by atoms with Crippen LogP contribution in [0.25, 0.3) is 0 Å². The zero-order chi connectivity index (χ0) is 15.5. The molecule has 0 saturated heterocycles. The maximum Gasteiger partial charge on any atom is 0.416 e. The third-order valence-corrected chi connectivity index (χ3v) is 2.86. The van der Waals surface area contributed by atoms with Crippen LogP contribution in [-0.4, -0.2) is 18.2 Å². The zero-order valence-electron chi connectivity index (χ0n) is 10.9. The summed E-state index contributed by atoms with van der Waals surface area (Å²) in [4.78, 5) is 11.2. The fourth-order valence-corrected chi connectivity index (χ4v) is 1.82. The predicted molar refractivity (Wildman–Crippen MR) is 62.2 cm³/mol. The molecule has 0 aliphatic carbocycles. The molecule has 0 aliphatic heterocycles. The van der Waals surface area contributed by atoms with Crippen molar-refractivity contribution in [3.63, 3.8) is 0 Å². The average molecular weight is 294 g/mol. The minimum atomic E-state index is -4.78. The van der Waals surface area contributed by atoms with Crippen LogP contribution in [0.4, 0.5) is 17.6 Å². The number of aliphatic hydroxyl groups excluding tert-OH is 1. The third kappa shape index (κ3) is 3.93. The van der Waals surface area contributed by atoms with Crippen molar-refractivity contribution in [1.29, 1.82) is 0 Å². The van der Waals surface area contributed by atoms with Crippen molar-refractivity contribution in [2.24, 2.45) is 5.92 Å². The van der Waals surface area contributed by atoms with E-state index in [1.54, 1.807) is 0 Å². The van der Waals surface area contributed by atoms with Crippen molar-refractivity contribution in [1.82, 2.24) is 0 Å². The molecule has 0 heterocycles. The zero-order valence-corrected chi connectivity index (χ0v) is 10.9. The van der Waals surface area contributed by atoms with E-state index >= 15 is 0 Å². The molecule has 0 amide bonds. The minimum absolute atomic E-state index is 0.249. The summed E-state index contributed by atoms with van der Waals surface area (Å²) in [5.41, 5.74) is -1.71. The monoisotopic (exact) mass is 294 g/mol. The van der Waals surface area contributed by atoms with Crippen LogP contribution in [0.3, 0.4) is 0 Å². The van der Waals surface area contributed by atoms with Crippen molar-refractivity contribution in [2.45, 2.75) is 25.6 Å². The van der Waals surface area contributed by atoms with E-state index in [2.05, 4.69) is 4.74 Å². The Morgan fingerprint density at radius 1 is 1.40 bits per heavy atom. The molecule has 1 aromatic carbocycles. The predicted octanol–water partition coefficient (Wildman–Crippen LogP) is 3.08. The molecule has 1 rings (SSSR count). The van der Waals surface area contributed by atoms with Gasteiger partial charge in [0.1, 0.15) is 5.82 Å². The normalized spacial score (nSPS) is 14.8. The van der Waals surface area contributed by atoms with Gasteiger partial charge in [-0.2, -0.15) is 13.2 Å². The highest BCUT2D eigenvalue weighted by atomic mass is 19.4. The molecule has 112 valence electrons. The fourth-order valence-electron chi connectivity index (χ4n) is 1.82. The fraction of sp³-hybridized carbons (Fsp3) is 0.462. The summed E-state index contributed by atoms with van der Waals surface area (Å²) in [6.45, 7) is 1.42. The lowest BCUT2D eigenvalue weighted by Gasteiger charge is -2.19. The van der Waals surface area contributed by atoms with Gasteiger partial charge >= 0.3 is 12.1 Å². The molecule has 0 fully saturated rings. The van der Waals surface area contributed by atoms with E-state index in [9.17, 15) is 27.5 Å². The number of carbonyl (C=O) groups excluding carboxylic acids is 1. The van der Waals surface area contributed by atoms with Crippen LogP contribution >= 0.6 is 0 Å². The first-order valence-electron chi connectivity index (χ1n) is 5.79. The summed E-state index contributed by atoms with van der Waals surface area (Å²) in [7, 11) is 1.14. The number of methoxy groups -OCH3 is 1. The van der Waals surface area contributed by atoms with Gasteiger partial charge in [0, 0.05) is 0 Å². The Morgan fingerprint density at radius 2 is 2.00 bits per heavy atom. The molecule has 7 heteroatoms. The van der Waals surface area contributed by atoms with Gasteiger partial charge in [0.25, 0.3) is 0 Å². The maximum absolute atomic E-state index is 12.9. The number of esters is 1. The smallest absolute Gasteiger partial charge is 0.416 e. The molecule has 0 aromatic heterocycles. The van der Waals surface area contributed by atoms with Gasteiger partial charge in [-0.05, 0) is 24.1 Å². The van der Waals surface area contributed by atoms with Gasteiger partial charge in [-0.1, -0.05) is 13.0 Å². The molecule has 0 aliphatic rings. The molecule has 2 unspecified atom stereocenters. The number of ether oxygens (including phenoxy) is 1. The van der Waals surface area contributed by atoms with Crippen LogP contribution in [0.2, 0.25) is 0 Å². The number of benzene rings is 1. The van der Waals surface area contributed by atoms with Crippen molar-refractivity contribution >= 4 is 5.97 Å². The van der Waals surface area contributed by atoms with Crippen molar-refractivity contribution in [3.05, 3.63) is 35.1 Å². The molecular weight excluding hydrogens is 280 g/mol. The van der Waals surface area contributed by atoms with Gasteiger partial charge in [-0.15, -0.1) is 0 Å². The average Bonchev–Trinajstić information content (AvgIpc) is 2.36. The van der Waals surface area contributed by atoms with Crippen molar-refractivity contribution in [2.75, 3.05) is 7.11 Å². The molecule has 3 nitrogen and oxygen atoms in total. The van der Waals surface area contributed by atoms with E-state index < -0.39 is 41.1 Å². The lowest BCUT2D eigenvalue weighted by molar-refractivity contribution is -0.146. The number of halogens is 4. The van der Waals surface area contributed by atoms with E-state index in [1.807, 2.05) is 0 Å². The molecular formula is C13H14F4O3. The third-order valence-electron chi connectivity index (χ3n) is 2.86. The molecule has 20 heavy (non-hydrogen) atoms. The first-order chi connectivity index (χ1) is 9.16. The van der Waals surface area contributed by atoms with Crippen LogP contribution in [0, 0.1) is 11.7 Å². The number of carbonyl (C=O) groups is 1. The number of hydrogen-bond acceptors (Lipinski definition) is 3. The first-order valence-corrected chi connectivity index (χ1v) is 5.79. The summed E-state index contributed by atoms with van der Waals surface area (Å²) in [5, 5.41) is 9.84. The molecule has 0 radical (unpaired) electrons. The summed E-state index contributed by atoms with van der Waals surface area (Å²) in [5.74, 6) is -2.46. The molecule has 0 spiro atoms. The Labute approximate surface area is 113 Å². The van der Waals surface area contributed by atoms with Gasteiger partial charge < -0.3 is 9.84 Å². The Kier molecular flexibility index (Phi) is 5.10. The van der Waals surface area contributed by atoms with Crippen molar-refractivity contribution < 1.29 is 32.2 Å². The largest absolute Gasteiger partial charge is 0.469 e. The quantitative estimate of drug-likeness (QED) is 0.685. The summed E-state index contributed by atoms with van der Waals surface area (Å²) in [6, 6.07) is 2.02. The summed E-state index contributed by atoms with van der Waals surface area (Å²) >= 11 is 0. The van der Waals surface area contributed by atoms with E-state index in [4.69, 9.17) is 0 Å². The second-order valence-electron chi connectivity index (χ2n) is 4.41. The SMILES string of the molecule is COC(=O)C(C)CC(O)c1ccc(F)cc1C(F)(F)F. The molecule has 1 aromatic rings. The van der Waals surface area contributed by atoms with E-state index in [-0.39, 0.29) is 6.42 Å². The van der Waals surface area contributed by atoms with Crippen LogP contribution in [0.15, 0.2) is 18.2 Å². The lowest BCUT2D eigenvalue weighted by Crippen LogP contribution is -2.18. The topological polar surface area (TPSA) is 46.5 Å². The highest BCUT2D eigenvalue weighted by molar-refractivity contribution is 5.71. The van der Waals surface area contributed by atoms with Crippen LogP contribution in [-0.2, 0) is 15.7 Å². The summed E-state index contributed by atoms with van der Waals surface area (Å²) < 4.78 is 55.7. The highest BCUT2D eigenvalue weighted by Crippen LogP contribution is 2.36. The Hall–Kier alpha value is -1.63. The Morgan fingerprint density at radius 3 is 2.50 bits per heavy atom. The molecule has 0 saturated carbocycles. The van der Waals surface area contributed by atoms with Gasteiger partial charge in [0.05, 0.1) is 24.7 Å². The second-order valence-corrected chi connectivity index (χ2v) is 4.41. The number of rotatable bonds is 4. The Bertz CT molecular complexity index is 485. The van der Waals surface area contributed by atoms with Gasteiger partial charge in [0.2, 0.25) is 0 Å². The lowest BCUT2D eigenvalue weighted by atomic mass is 9.94. The number of alkyl halides is 3. The second kappa shape index (κ2) is 6.21. The molecule has 0 bridgehead atoms. The van der Waals surface area contributed by atoms with Gasteiger partial charge in [-0.3, -0.25) is 4.79 Å². The summed E-state index contributed by atoms with van der Waals surface area (Å²) in [6.07, 6.45) is -6.57. The van der Waals surface area contributed by atoms with Crippen LogP contribution in [0.1, 0.15) is 30.6 Å². The van der Waals surface area contributed by atoms with E-state index in [1.165, 1.54) is 6.92 Å². The maximum atomic E-state index is 12.9. The molecule has 2 atom stereocenters. The van der Waals surface area contributed by atoms with E-state index in [0.29, 0.717) is 6.07 Å². The first kappa shape index (κ1) is 16.4. The number of aliphatic hydroxyl groups is 1. The van der Waals surface area contributed by atoms with Crippen molar-refractivity contribution in [3.8, 4) is 0 Å². The minimum Gasteiger partial charge on any atom is -0.469 e. The van der Waals surface area contributed by atoms with Crippen LogP contribution in [0.5, 0.6) is 0 Å². The number of hydrogen-bond donors (Lipinski definition) is 1. The highest BCUT2D eigenvalue weighted by Gasteiger charge is 2.36. The van der Waals surface area contributed by atoms with Gasteiger partial charge in [-0.25, -0.2) is 4.39 Å². The van der Waals surface area contributed by atoms with Crippen LogP contribution < -0.4 is 0 Å². The standard InChI is InChI=1S/C13H14F4O3/c1-7(12(19)20-2)5-11(18)9-4-3-8(14)6-10(9)13(15,16)17/h3-4,6-7,11,18H,5H2,1-2H3. The Balaban J connectivity index is 3.04. The molecule has 1 N–H and O–H groups in total.